The number of benzene rings is 2. The molecule has 1 aliphatic rings. The molecule has 3 rings (SSSR count). The van der Waals surface area contributed by atoms with Gasteiger partial charge in [-0.2, -0.15) is 4.31 Å². The summed E-state index contributed by atoms with van der Waals surface area (Å²) in [5, 5.41) is 6.06. The zero-order chi connectivity index (χ0) is 20.1. The number of anilines is 1. The van der Waals surface area contributed by atoms with Crippen LogP contribution in [-0.4, -0.2) is 37.9 Å². The number of carbonyl (C=O) groups excluding carboxylic acids is 1. The molecule has 150 valence electrons. The quantitative estimate of drug-likeness (QED) is 0.765. The summed E-state index contributed by atoms with van der Waals surface area (Å²) < 4.78 is 27.9. The first-order chi connectivity index (χ1) is 13.4. The van der Waals surface area contributed by atoms with Crippen molar-refractivity contribution in [3.63, 3.8) is 0 Å². The topological polar surface area (TPSA) is 78.5 Å². The van der Waals surface area contributed by atoms with Gasteiger partial charge in [0, 0.05) is 29.8 Å². The van der Waals surface area contributed by atoms with Gasteiger partial charge in [-0.25, -0.2) is 13.2 Å². The first-order valence-electron chi connectivity index (χ1n) is 9.26. The minimum Gasteiger partial charge on any atom is -0.336 e. The molecule has 0 bridgehead atoms. The minimum atomic E-state index is -3.66. The van der Waals surface area contributed by atoms with Crippen molar-refractivity contribution in [3.05, 3.63) is 59.1 Å². The zero-order valence-corrected chi connectivity index (χ0v) is 17.3. The normalized spacial score (nSPS) is 17.9. The molecule has 1 fully saturated rings. The van der Waals surface area contributed by atoms with Gasteiger partial charge in [0.25, 0.3) is 0 Å². The molecule has 2 aromatic carbocycles. The minimum absolute atomic E-state index is 0.254. The Morgan fingerprint density at radius 2 is 1.93 bits per heavy atom. The van der Waals surface area contributed by atoms with E-state index in [-0.39, 0.29) is 23.5 Å². The molecule has 1 aliphatic heterocycles. The highest BCUT2D eigenvalue weighted by molar-refractivity contribution is 7.89. The van der Waals surface area contributed by atoms with Crippen LogP contribution in [0.4, 0.5) is 10.5 Å². The molecular formula is C20H24ClN3O3S. The standard InChI is InChI=1S/C20H24ClN3O3S/c1-15-13-16(21)10-11-19(15)28(26,27)24-12-6-5-9-18(24)14-22-20(25)23-17-7-3-2-4-8-17/h2-4,7-8,10-11,13,18H,5-6,9,12,14H2,1H3,(H2,22,23,25). The summed E-state index contributed by atoms with van der Waals surface area (Å²) in [7, 11) is -3.66. The molecule has 0 spiro atoms. The predicted molar refractivity (Wildman–Crippen MR) is 111 cm³/mol. The summed E-state index contributed by atoms with van der Waals surface area (Å²) in [6.07, 6.45) is 2.44. The maximum atomic E-state index is 13.2. The van der Waals surface area contributed by atoms with E-state index in [4.69, 9.17) is 11.6 Å². The molecule has 1 unspecified atom stereocenters. The van der Waals surface area contributed by atoms with Crippen molar-refractivity contribution in [2.45, 2.75) is 37.1 Å². The number of para-hydroxylation sites is 1. The third-order valence-corrected chi connectivity index (χ3v) is 7.17. The fourth-order valence-corrected chi connectivity index (χ4v) is 5.56. The summed E-state index contributed by atoms with van der Waals surface area (Å²) in [5.74, 6) is 0. The number of carbonyl (C=O) groups is 1. The maximum absolute atomic E-state index is 13.2. The van der Waals surface area contributed by atoms with Crippen molar-refractivity contribution in [2.24, 2.45) is 0 Å². The Morgan fingerprint density at radius 3 is 2.64 bits per heavy atom. The van der Waals surface area contributed by atoms with Crippen molar-refractivity contribution in [2.75, 3.05) is 18.4 Å². The van der Waals surface area contributed by atoms with E-state index in [1.54, 1.807) is 37.3 Å². The SMILES string of the molecule is Cc1cc(Cl)ccc1S(=O)(=O)N1CCCCC1CNC(=O)Nc1ccccc1. The van der Waals surface area contributed by atoms with Gasteiger partial charge in [-0.15, -0.1) is 0 Å². The lowest BCUT2D eigenvalue weighted by molar-refractivity contribution is 0.231. The van der Waals surface area contributed by atoms with Crippen LogP contribution in [0, 0.1) is 6.92 Å². The van der Waals surface area contributed by atoms with Gasteiger partial charge in [0.05, 0.1) is 4.90 Å². The second-order valence-electron chi connectivity index (χ2n) is 6.88. The number of sulfonamides is 1. The van der Waals surface area contributed by atoms with Crippen LogP contribution in [0.25, 0.3) is 0 Å². The van der Waals surface area contributed by atoms with E-state index in [0.717, 1.165) is 12.8 Å². The summed E-state index contributed by atoms with van der Waals surface area (Å²) in [5.41, 5.74) is 1.30. The van der Waals surface area contributed by atoms with E-state index in [0.29, 0.717) is 29.2 Å². The number of hydrogen-bond donors (Lipinski definition) is 2. The third-order valence-electron chi connectivity index (χ3n) is 4.83. The van der Waals surface area contributed by atoms with Crippen LogP contribution in [0.3, 0.4) is 0 Å². The number of amides is 2. The van der Waals surface area contributed by atoms with Crippen LogP contribution < -0.4 is 10.6 Å². The average Bonchev–Trinajstić information content (AvgIpc) is 2.67. The number of nitrogens with zero attached hydrogens (tertiary/aromatic N) is 1. The van der Waals surface area contributed by atoms with E-state index in [1.807, 2.05) is 18.2 Å². The van der Waals surface area contributed by atoms with Gasteiger partial charge < -0.3 is 10.6 Å². The molecule has 2 aromatic rings. The Hall–Kier alpha value is -2.09. The molecule has 2 amide bonds. The summed E-state index contributed by atoms with van der Waals surface area (Å²) >= 11 is 5.97. The maximum Gasteiger partial charge on any atom is 0.319 e. The Labute approximate surface area is 170 Å². The number of nitrogens with one attached hydrogen (secondary N) is 2. The van der Waals surface area contributed by atoms with E-state index >= 15 is 0 Å². The van der Waals surface area contributed by atoms with E-state index in [1.165, 1.54) is 4.31 Å². The third kappa shape index (κ3) is 4.84. The molecule has 1 saturated heterocycles. The van der Waals surface area contributed by atoms with Gasteiger partial charge in [0.2, 0.25) is 10.0 Å². The molecule has 8 heteroatoms. The molecule has 28 heavy (non-hydrogen) atoms. The largest absolute Gasteiger partial charge is 0.336 e. The lowest BCUT2D eigenvalue weighted by atomic mass is 10.1. The Bertz CT molecular complexity index is 935. The van der Waals surface area contributed by atoms with Crippen LogP contribution in [-0.2, 0) is 10.0 Å². The van der Waals surface area contributed by atoms with Crippen LogP contribution in [0.15, 0.2) is 53.4 Å². The van der Waals surface area contributed by atoms with Crippen molar-refractivity contribution < 1.29 is 13.2 Å². The van der Waals surface area contributed by atoms with Gasteiger partial charge >= 0.3 is 6.03 Å². The summed E-state index contributed by atoms with van der Waals surface area (Å²) in [4.78, 5) is 12.4. The Balaban J connectivity index is 1.70. The molecule has 0 aliphatic carbocycles. The number of urea groups is 1. The molecule has 0 saturated carbocycles. The number of aryl methyl sites for hydroxylation is 1. The van der Waals surface area contributed by atoms with E-state index in [9.17, 15) is 13.2 Å². The van der Waals surface area contributed by atoms with Crippen molar-refractivity contribution >= 4 is 33.3 Å². The van der Waals surface area contributed by atoms with Gasteiger partial charge in [-0.05, 0) is 55.7 Å². The van der Waals surface area contributed by atoms with E-state index < -0.39 is 10.0 Å². The van der Waals surface area contributed by atoms with E-state index in [2.05, 4.69) is 10.6 Å². The van der Waals surface area contributed by atoms with Crippen LogP contribution in [0.5, 0.6) is 0 Å². The molecule has 0 radical (unpaired) electrons. The van der Waals surface area contributed by atoms with Crippen molar-refractivity contribution in [3.8, 4) is 0 Å². The Kier molecular flexibility index (Phi) is 6.59. The molecular weight excluding hydrogens is 398 g/mol. The second kappa shape index (κ2) is 8.94. The monoisotopic (exact) mass is 421 g/mol. The lowest BCUT2D eigenvalue weighted by Crippen LogP contribution is -2.49. The number of halogens is 1. The summed E-state index contributed by atoms with van der Waals surface area (Å²) in [6, 6.07) is 13.3. The first kappa shape index (κ1) is 20.6. The zero-order valence-electron chi connectivity index (χ0n) is 15.7. The number of piperidine rings is 1. The van der Waals surface area contributed by atoms with Crippen molar-refractivity contribution in [1.29, 1.82) is 0 Å². The first-order valence-corrected chi connectivity index (χ1v) is 11.1. The van der Waals surface area contributed by atoms with Crippen LogP contribution in [0.2, 0.25) is 5.02 Å². The van der Waals surface area contributed by atoms with Gasteiger partial charge in [-0.1, -0.05) is 36.2 Å². The number of rotatable bonds is 5. The van der Waals surface area contributed by atoms with Gasteiger partial charge in [-0.3, -0.25) is 0 Å². The van der Waals surface area contributed by atoms with Crippen LogP contribution in [0.1, 0.15) is 24.8 Å². The highest BCUT2D eigenvalue weighted by Crippen LogP contribution is 2.28. The smallest absolute Gasteiger partial charge is 0.319 e. The van der Waals surface area contributed by atoms with Gasteiger partial charge in [0.15, 0.2) is 0 Å². The molecule has 2 N–H and O–H groups in total. The highest BCUT2D eigenvalue weighted by atomic mass is 35.5. The van der Waals surface area contributed by atoms with Gasteiger partial charge in [0.1, 0.15) is 0 Å². The fraction of sp³-hybridized carbons (Fsp3) is 0.350. The lowest BCUT2D eigenvalue weighted by Gasteiger charge is -2.35. The summed E-state index contributed by atoms with van der Waals surface area (Å²) in [6.45, 7) is 2.44. The second-order valence-corrected chi connectivity index (χ2v) is 9.17. The average molecular weight is 422 g/mol. The molecule has 1 atom stereocenters. The predicted octanol–water partition coefficient (Wildman–Crippen LogP) is 4.01. The Morgan fingerprint density at radius 1 is 1.18 bits per heavy atom. The molecule has 0 aromatic heterocycles. The highest BCUT2D eigenvalue weighted by Gasteiger charge is 2.34. The number of hydrogen-bond acceptors (Lipinski definition) is 3. The fourth-order valence-electron chi connectivity index (χ4n) is 3.43. The molecule has 1 heterocycles. The van der Waals surface area contributed by atoms with Crippen molar-refractivity contribution in [1.82, 2.24) is 9.62 Å². The van der Waals surface area contributed by atoms with Crippen LogP contribution >= 0.6 is 11.6 Å². The molecule has 6 nitrogen and oxygen atoms in total.